The lowest BCUT2D eigenvalue weighted by Crippen LogP contribution is -2.07. The van der Waals surface area contributed by atoms with Gasteiger partial charge in [-0.3, -0.25) is 0 Å². The van der Waals surface area contributed by atoms with Gasteiger partial charge < -0.3 is 4.79 Å². The number of aldehydes is 1. The second kappa shape index (κ2) is 3.18. The van der Waals surface area contributed by atoms with Crippen molar-refractivity contribution in [2.45, 2.75) is 33.1 Å². The Kier molecular flexibility index (Phi) is 2.47. The van der Waals surface area contributed by atoms with Crippen LogP contribution in [0.4, 0.5) is 0 Å². The lowest BCUT2D eigenvalue weighted by Gasteiger charge is -2.10. The van der Waals surface area contributed by atoms with E-state index in [9.17, 15) is 4.79 Å². The van der Waals surface area contributed by atoms with Crippen LogP contribution in [0.3, 0.4) is 0 Å². The fourth-order valence-corrected chi connectivity index (χ4v) is 1.43. The molecule has 0 spiro atoms. The summed E-state index contributed by atoms with van der Waals surface area (Å²) in [6.45, 7) is 4.36. The molecule has 10 heavy (non-hydrogen) atoms. The van der Waals surface area contributed by atoms with Gasteiger partial charge in [0.1, 0.15) is 6.29 Å². The van der Waals surface area contributed by atoms with Crippen LogP contribution in [0.1, 0.15) is 33.1 Å². The fourth-order valence-electron chi connectivity index (χ4n) is 1.43. The highest BCUT2D eigenvalue weighted by Crippen LogP contribution is 2.38. The summed E-state index contributed by atoms with van der Waals surface area (Å²) in [6.07, 6.45) is 4.82. The van der Waals surface area contributed by atoms with Crippen molar-refractivity contribution in [3.8, 4) is 0 Å². The monoisotopic (exact) mass is 140 g/mol. The third kappa shape index (κ3) is 2.13. The first-order chi connectivity index (χ1) is 4.74. The Bertz CT molecular complexity index is 114. The molecule has 1 saturated carbocycles. The van der Waals surface area contributed by atoms with E-state index in [1.165, 1.54) is 12.8 Å². The molecule has 0 aromatic rings. The van der Waals surface area contributed by atoms with Crippen molar-refractivity contribution >= 4 is 6.29 Å². The second-order valence-electron chi connectivity index (χ2n) is 3.77. The number of rotatable bonds is 4. The van der Waals surface area contributed by atoms with Gasteiger partial charge in [0.2, 0.25) is 0 Å². The van der Waals surface area contributed by atoms with Crippen LogP contribution < -0.4 is 0 Å². The van der Waals surface area contributed by atoms with Gasteiger partial charge in [-0.2, -0.15) is 0 Å². The van der Waals surface area contributed by atoms with E-state index < -0.39 is 0 Å². The van der Waals surface area contributed by atoms with E-state index in [1.54, 1.807) is 0 Å². The Balaban J connectivity index is 2.25. The summed E-state index contributed by atoms with van der Waals surface area (Å²) in [5.74, 6) is 1.80. The van der Waals surface area contributed by atoms with Crippen LogP contribution in [0.25, 0.3) is 0 Å². The molecule has 1 nitrogen and oxygen atoms in total. The summed E-state index contributed by atoms with van der Waals surface area (Å²) >= 11 is 0. The van der Waals surface area contributed by atoms with Crippen molar-refractivity contribution < 1.29 is 4.79 Å². The first kappa shape index (κ1) is 7.77. The average molecular weight is 140 g/mol. The topological polar surface area (TPSA) is 17.1 Å². The van der Waals surface area contributed by atoms with Gasteiger partial charge in [-0.1, -0.05) is 13.8 Å². The van der Waals surface area contributed by atoms with Crippen molar-refractivity contribution in [1.29, 1.82) is 0 Å². The SMILES string of the molecule is CC(C)CC(C=O)C1CC1. The van der Waals surface area contributed by atoms with Gasteiger partial charge in [0, 0.05) is 5.92 Å². The Morgan fingerprint density at radius 3 is 2.40 bits per heavy atom. The van der Waals surface area contributed by atoms with E-state index in [4.69, 9.17) is 0 Å². The molecular weight excluding hydrogens is 124 g/mol. The minimum atomic E-state index is 0.375. The van der Waals surface area contributed by atoms with Crippen LogP contribution in [0.5, 0.6) is 0 Å². The molecule has 1 aliphatic rings. The van der Waals surface area contributed by atoms with E-state index in [2.05, 4.69) is 13.8 Å². The zero-order valence-electron chi connectivity index (χ0n) is 6.84. The molecule has 0 aromatic carbocycles. The van der Waals surface area contributed by atoms with Gasteiger partial charge in [0.05, 0.1) is 0 Å². The molecule has 1 aliphatic carbocycles. The normalized spacial score (nSPS) is 21.1. The molecule has 0 heterocycles. The molecule has 0 aliphatic heterocycles. The van der Waals surface area contributed by atoms with Crippen LogP contribution >= 0.6 is 0 Å². The molecule has 0 aromatic heterocycles. The van der Waals surface area contributed by atoms with Crippen LogP contribution in [0.2, 0.25) is 0 Å². The largest absolute Gasteiger partial charge is 0.303 e. The van der Waals surface area contributed by atoms with Gasteiger partial charge in [0.15, 0.2) is 0 Å². The maximum absolute atomic E-state index is 10.5. The Labute approximate surface area is 62.8 Å². The molecule has 58 valence electrons. The van der Waals surface area contributed by atoms with Crippen molar-refractivity contribution in [3.05, 3.63) is 0 Å². The highest BCUT2D eigenvalue weighted by atomic mass is 16.1. The lowest BCUT2D eigenvalue weighted by atomic mass is 9.94. The smallest absolute Gasteiger partial charge is 0.123 e. The third-order valence-electron chi connectivity index (χ3n) is 2.15. The molecule has 0 bridgehead atoms. The van der Waals surface area contributed by atoms with Crippen LogP contribution in [-0.4, -0.2) is 6.29 Å². The number of carbonyl (C=O) groups is 1. The molecule has 0 radical (unpaired) electrons. The standard InChI is InChI=1S/C9H16O/c1-7(2)5-9(6-10)8-3-4-8/h6-9H,3-5H2,1-2H3. The predicted molar refractivity (Wildman–Crippen MR) is 41.7 cm³/mol. The first-order valence-corrected chi connectivity index (χ1v) is 4.19. The van der Waals surface area contributed by atoms with Crippen LogP contribution in [-0.2, 0) is 4.79 Å². The van der Waals surface area contributed by atoms with E-state index in [-0.39, 0.29) is 0 Å². The van der Waals surface area contributed by atoms with Crippen molar-refractivity contribution in [3.63, 3.8) is 0 Å². The zero-order valence-corrected chi connectivity index (χ0v) is 6.84. The molecule has 1 rings (SSSR count). The molecule has 1 atom stereocenters. The van der Waals surface area contributed by atoms with E-state index >= 15 is 0 Å². The minimum absolute atomic E-state index is 0.375. The van der Waals surface area contributed by atoms with E-state index in [0.717, 1.165) is 18.6 Å². The summed E-state index contributed by atoms with van der Waals surface area (Å²) in [5.41, 5.74) is 0. The summed E-state index contributed by atoms with van der Waals surface area (Å²) < 4.78 is 0. The van der Waals surface area contributed by atoms with Gasteiger partial charge in [-0.25, -0.2) is 0 Å². The quantitative estimate of drug-likeness (QED) is 0.547. The third-order valence-corrected chi connectivity index (χ3v) is 2.15. The first-order valence-electron chi connectivity index (χ1n) is 4.19. The molecule has 1 heteroatoms. The molecule has 0 amide bonds. The van der Waals surface area contributed by atoms with Crippen LogP contribution in [0, 0.1) is 17.8 Å². The summed E-state index contributed by atoms with van der Waals surface area (Å²) in [4.78, 5) is 10.5. The van der Waals surface area contributed by atoms with Gasteiger partial charge >= 0.3 is 0 Å². The highest BCUT2D eigenvalue weighted by molar-refractivity contribution is 5.54. The summed E-state index contributed by atoms with van der Waals surface area (Å²) in [5, 5.41) is 0. The maximum Gasteiger partial charge on any atom is 0.123 e. The van der Waals surface area contributed by atoms with E-state index in [0.29, 0.717) is 11.8 Å². The maximum atomic E-state index is 10.5. The molecule has 1 fully saturated rings. The average Bonchev–Trinajstić information content (AvgIpc) is 2.63. The molecule has 0 N–H and O–H groups in total. The fraction of sp³-hybridized carbons (Fsp3) is 0.889. The number of carbonyl (C=O) groups excluding carboxylic acids is 1. The minimum Gasteiger partial charge on any atom is -0.303 e. The van der Waals surface area contributed by atoms with Crippen molar-refractivity contribution in [2.24, 2.45) is 17.8 Å². The molecule has 0 saturated heterocycles. The van der Waals surface area contributed by atoms with Gasteiger partial charge in [-0.05, 0) is 31.1 Å². The zero-order chi connectivity index (χ0) is 7.56. The molecule has 1 unspecified atom stereocenters. The Hall–Kier alpha value is -0.330. The number of hydrogen-bond donors (Lipinski definition) is 0. The molecular formula is C9H16O. The van der Waals surface area contributed by atoms with Gasteiger partial charge in [-0.15, -0.1) is 0 Å². The Morgan fingerprint density at radius 1 is 1.50 bits per heavy atom. The highest BCUT2D eigenvalue weighted by Gasteiger charge is 2.30. The van der Waals surface area contributed by atoms with Crippen LogP contribution in [0.15, 0.2) is 0 Å². The van der Waals surface area contributed by atoms with Crippen molar-refractivity contribution in [2.75, 3.05) is 0 Å². The lowest BCUT2D eigenvalue weighted by molar-refractivity contribution is -0.112. The predicted octanol–water partition coefficient (Wildman–Crippen LogP) is 2.26. The second-order valence-corrected chi connectivity index (χ2v) is 3.77. The van der Waals surface area contributed by atoms with Crippen molar-refractivity contribution in [1.82, 2.24) is 0 Å². The van der Waals surface area contributed by atoms with Gasteiger partial charge in [0.25, 0.3) is 0 Å². The number of hydrogen-bond acceptors (Lipinski definition) is 1. The summed E-state index contributed by atoms with van der Waals surface area (Å²) in [6, 6.07) is 0. The summed E-state index contributed by atoms with van der Waals surface area (Å²) in [7, 11) is 0. The Morgan fingerprint density at radius 2 is 2.10 bits per heavy atom. The van der Waals surface area contributed by atoms with E-state index in [1.807, 2.05) is 0 Å².